The van der Waals surface area contributed by atoms with Crippen molar-refractivity contribution in [3.05, 3.63) is 0 Å². The lowest BCUT2D eigenvalue weighted by atomic mass is 10.1. The van der Waals surface area contributed by atoms with Gasteiger partial charge in [-0.2, -0.15) is 0 Å². The fraction of sp³-hybridized carbons (Fsp3) is 0.833. The number of carbonyl (C=O) groups excluding carboxylic acids is 2. The molecule has 0 aromatic rings. The quantitative estimate of drug-likeness (QED) is 0.624. The van der Waals surface area contributed by atoms with Crippen molar-refractivity contribution >= 4 is 11.8 Å². The van der Waals surface area contributed by atoms with Crippen LogP contribution in [0.3, 0.4) is 0 Å². The first-order valence-electron chi connectivity index (χ1n) is 6.29. The van der Waals surface area contributed by atoms with Crippen LogP contribution < -0.4 is 16.4 Å². The molecule has 0 spiro atoms. The number of urea groups is 1. The summed E-state index contributed by atoms with van der Waals surface area (Å²) in [5, 5.41) is 5.36. The van der Waals surface area contributed by atoms with Gasteiger partial charge in [0.1, 0.15) is 5.78 Å². The Morgan fingerprint density at radius 3 is 1.94 bits per heavy atom. The van der Waals surface area contributed by atoms with Crippen LogP contribution in [0.2, 0.25) is 0 Å². The Morgan fingerprint density at radius 2 is 1.65 bits per heavy atom. The van der Waals surface area contributed by atoms with Crippen molar-refractivity contribution in [1.29, 1.82) is 0 Å². The molecular formula is C12H29N3O2. The molecule has 0 aliphatic carbocycles. The standard InChI is InChI=1S/C8H17N3O2.2C2H6/c1-6(12)7(10-2)4-3-5-11-8(9)13;2*1-2/h7,10H,3-5H2,1-2H3,(H3,9,11,13);2*1-2H3/t7-;;/m0../s1. The van der Waals surface area contributed by atoms with Crippen LogP contribution in [0.4, 0.5) is 4.79 Å². The number of amides is 2. The summed E-state index contributed by atoms with van der Waals surface area (Å²) >= 11 is 0. The van der Waals surface area contributed by atoms with Crippen molar-refractivity contribution in [3.63, 3.8) is 0 Å². The summed E-state index contributed by atoms with van der Waals surface area (Å²) in [5.41, 5.74) is 4.87. The van der Waals surface area contributed by atoms with Crippen LogP contribution in [0, 0.1) is 0 Å². The summed E-state index contributed by atoms with van der Waals surface area (Å²) in [4.78, 5) is 21.2. The first-order chi connectivity index (χ1) is 8.07. The molecule has 2 amide bonds. The number of likely N-dealkylation sites (N-methyl/N-ethyl adjacent to an activating group) is 1. The van der Waals surface area contributed by atoms with E-state index in [2.05, 4.69) is 10.6 Å². The Morgan fingerprint density at radius 1 is 1.18 bits per heavy atom. The SMILES string of the molecule is CC.CC.CN[C@@H](CCCNC(N)=O)C(C)=O. The maximum absolute atomic E-state index is 10.9. The number of Topliss-reactive ketones (excluding diaryl/α,β-unsaturated/α-hetero) is 1. The van der Waals surface area contributed by atoms with E-state index in [1.54, 1.807) is 14.0 Å². The number of hydrogen-bond acceptors (Lipinski definition) is 3. The van der Waals surface area contributed by atoms with E-state index < -0.39 is 6.03 Å². The molecule has 0 unspecified atom stereocenters. The van der Waals surface area contributed by atoms with Gasteiger partial charge in [0.15, 0.2) is 0 Å². The average molecular weight is 247 g/mol. The number of nitrogens with one attached hydrogen (secondary N) is 2. The highest BCUT2D eigenvalue weighted by molar-refractivity contribution is 5.81. The van der Waals surface area contributed by atoms with Crippen LogP contribution in [0.15, 0.2) is 0 Å². The molecule has 0 rings (SSSR count). The minimum absolute atomic E-state index is 0.113. The van der Waals surface area contributed by atoms with Crippen molar-refractivity contribution in [2.24, 2.45) is 5.73 Å². The van der Waals surface area contributed by atoms with Crippen LogP contribution in [0.25, 0.3) is 0 Å². The smallest absolute Gasteiger partial charge is 0.312 e. The molecule has 5 heteroatoms. The number of primary amides is 1. The van der Waals surface area contributed by atoms with Gasteiger partial charge in [-0.3, -0.25) is 4.79 Å². The molecule has 0 radical (unpaired) electrons. The third-order valence-corrected chi connectivity index (χ3v) is 1.81. The van der Waals surface area contributed by atoms with E-state index >= 15 is 0 Å². The highest BCUT2D eigenvalue weighted by atomic mass is 16.2. The second-order valence-corrected chi connectivity index (χ2v) is 2.89. The minimum Gasteiger partial charge on any atom is -0.352 e. The van der Waals surface area contributed by atoms with E-state index in [9.17, 15) is 9.59 Å². The molecule has 17 heavy (non-hydrogen) atoms. The number of nitrogens with two attached hydrogens (primary N) is 1. The zero-order valence-corrected chi connectivity index (χ0v) is 12.1. The van der Waals surface area contributed by atoms with Crippen molar-refractivity contribution in [2.45, 2.75) is 53.5 Å². The van der Waals surface area contributed by atoms with Gasteiger partial charge in [-0.05, 0) is 26.8 Å². The minimum atomic E-state index is -0.524. The lowest BCUT2D eigenvalue weighted by Crippen LogP contribution is -2.34. The maximum atomic E-state index is 10.9. The van der Waals surface area contributed by atoms with Crippen LogP contribution in [0.5, 0.6) is 0 Å². The molecule has 0 aliphatic rings. The van der Waals surface area contributed by atoms with Gasteiger partial charge in [-0.25, -0.2) is 4.79 Å². The fourth-order valence-electron chi connectivity index (χ4n) is 1.07. The molecule has 0 saturated carbocycles. The van der Waals surface area contributed by atoms with Crippen LogP contribution in [-0.2, 0) is 4.79 Å². The summed E-state index contributed by atoms with van der Waals surface area (Å²) in [6.45, 7) is 10.1. The van der Waals surface area contributed by atoms with E-state index in [1.165, 1.54) is 0 Å². The lowest BCUT2D eigenvalue weighted by molar-refractivity contribution is -0.119. The summed E-state index contributed by atoms with van der Waals surface area (Å²) in [5.74, 6) is 0.113. The third kappa shape index (κ3) is 17.5. The molecule has 4 N–H and O–H groups in total. The van der Waals surface area contributed by atoms with Gasteiger partial charge in [0, 0.05) is 6.54 Å². The van der Waals surface area contributed by atoms with Crippen molar-refractivity contribution in [3.8, 4) is 0 Å². The number of ketones is 1. The van der Waals surface area contributed by atoms with Gasteiger partial charge in [0.05, 0.1) is 6.04 Å². The molecule has 0 aromatic heterocycles. The van der Waals surface area contributed by atoms with E-state index in [4.69, 9.17) is 5.73 Å². The molecular weight excluding hydrogens is 218 g/mol. The molecule has 0 aliphatic heterocycles. The zero-order valence-electron chi connectivity index (χ0n) is 12.1. The normalized spacial score (nSPS) is 10.0. The first-order valence-corrected chi connectivity index (χ1v) is 6.29. The zero-order chi connectivity index (χ0) is 14.3. The van der Waals surface area contributed by atoms with E-state index in [1.807, 2.05) is 27.7 Å². The van der Waals surface area contributed by atoms with Gasteiger partial charge in [-0.15, -0.1) is 0 Å². The topological polar surface area (TPSA) is 84.2 Å². The van der Waals surface area contributed by atoms with Crippen molar-refractivity contribution in [1.82, 2.24) is 10.6 Å². The van der Waals surface area contributed by atoms with Gasteiger partial charge in [0.2, 0.25) is 0 Å². The van der Waals surface area contributed by atoms with Gasteiger partial charge < -0.3 is 16.4 Å². The Bertz CT molecular complexity index is 185. The fourth-order valence-corrected chi connectivity index (χ4v) is 1.07. The van der Waals surface area contributed by atoms with Crippen LogP contribution in [-0.4, -0.2) is 31.4 Å². The predicted molar refractivity (Wildman–Crippen MR) is 73.0 cm³/mol. The largest absolute Gasteiger partial charge is 0.352 e. The molecule has 0 fully saturated rings. The second kappa shape index (κ2) is 17.3. The highest BCUT2D eigenvalue weighted by Gasteiger charge is 2.09. The summed E-state index contributed by atoms with van der Waals surface area (Å²) in [6, 6.07) is -0.640. The Labute approximate surface area is 106 Å². The van der Waals surface area contributed by atoms with Crippen LogP contribution >= 0.6 is 0 Å². The van der Waals surface area contributed by atoms with Crippen molar-refractivity contribution in [2.75, 3.05) is 13.6 Å². The van der Waals surface area contributed by atoms with Gasteiger partial charge in [0.25, 0.3) is 0 Å². The predicted octanol–water partition coefficient (Wildman–Crippen LogP) is 1.66. The first kappa shape index (κ1) is 21.2. The average Bonchev–Trinajstić information content (AvgIpc) is 2.33. The highest BCUT2D eigenvalue weighted by Crippen LogP contribution is 1.96. The third-order valence-electron chi connectivity index (χ3n) is 1.81. The molecule has 104 valence electrons. The van der Waals surface area contributed by atoms with E-state index in [-0.39, 0.29) is 11.8 Å². The van der Waals surface area contributed by atoms with Crippen molar-refractivity contribution < 1.29 is 9.59 Å². The van der Waals surface area contributed by atoms with E-state index in [0.717, 1.165) is 6.42 Å². The monoisotopic (exact) mass is 247 g/mol. The van der Waals surface area contributed by atoms with Crippen LogP contribution in [0.1, 0.15) is 47.5 Å². The number of hydrogen-bond donors (Lipinski definition) is 3. The molecule has 0 bridgehead atoms. The maximum Gasteiger partial charge on any atom is 0.312 e. The molecule has 1 atom stereocenters. The van der Waals surface area contributed by atoms with E-state index in [0.29, 0.717) is 13.0 Å². The molecule has 0 saturated heterocycles. The molecule has 0 heterocycles. The lowest BCUT2D eigenvalue weighted by Gasteiger charge is -2.11. The Hall–Kier alpha value is -1.10. The van der Waals surface area contributed by atoms with Gasteiger partial charge in [-0.1, -0.05) is 27.7 Å². The summed E-state index contributed by atoms with van der Waals surface area (Å²) in [7, 11) is 1.74. The summed E-state index contributed by atoms with van der Waals surface area (Å²) in [6.07, 6.45) is 1.46. The number of carbonyl (C=O) groups is 2. The van der Waals surface area contributed by atoms with Gasteiger partial charge >= 0.3 is 6.03 Å². The summed E-state index contributed by atoms with van der Waals surface area (Å²) < 4.78 is 0. The Kier molecular flexibility index (Phi) is 21.6. The second-order valence-electron chi connectivity index (χ2n) is 2.89. The molecule has 0 aromatic carbocycles. The molecule has 5 nitrogen and oxygen atoms in total. The number of rotatable bonds is 6. The Balaban J connectivity index is -0.000000439.